The van der Waals surface area contributed by atoms with Crippen LogP contribution in [0.3, 0.4) is 0 Å². The van der Waals surface area contributed by atoms with Crippen LogP contribution in [0.2, 0.25) is 0 Å². The first kappa shape index (κ1) is 16.4. The van der Waals surface area contributed by atoms with Crippen LogP contribution in [0, 0.1) is 0 Å². The monoisotopic (exact) mass is 328 g/mol. The first-order chi connectivity index (χ1) is 11.6. The zero-order valence-corrected chi connectivity index (χ0v) is 14.2. The number of carbonyl (C=O) groups excluding carboxylic acids is 1. The Kier molecular flexibility index (Phi) is 5.05. The van der Waals surface area contributed by atoms with Gasteiger partial charge in [-0.25, -0.2) is 0 Å². The molecule has 0 unspecified atom stereocenters. The molecule has 2 aromatic rings. The number of hydrogen-bond donors (Lipinski definition) is 2. The Morgan fingerprint density at radius 1 is 1.17 bits per heavy atom. The molecule has 0 bridgehead atoms. The van der Waals surface area contributed by atoms with Crippen LogP contribution in [0.1, 0.15) is 12.7 Å². The van der Waals surface area contributed by atoms with Crippen LogP contribution in [-0.2, 0) is 11.3 Å². The minimum absolute atomic E-state index is 0.0802. The van der Waals surface area contributed by atoms with Crippen molar-refractivity contribution in [3.63, 3.8) is 0 Å². The Bertz CT molecular complexity index is 676. The molecule has 1 aliphatic rings. The van der Waals surface area contributed by atoms with E-state index in [1.807, 2.05) is 18.2 Å². The quantitative estimate of drug-likeness (QED) is 0.883. The van der Waals surface area contributed by atoms with Crippen LogP contribution >= 0.6 is 0 Å². The molecule has 0 atom stereocenters. The van der Waals surface area contributed by atoms with Gasteiger partial charge in [-0.15, -0.1) is 0 Å². The number of anilines is 3. The van der Waals surface area contributed by atoms with Crippen LogP contribution in [0.25, 0.3) is 0 Å². The van der Waals surface area contributed by atoms with Gasteiger partial charge in [-0.2, -0.15) is 0 Å². The molecular weight excluding hydrogens is 304 g/mol. The van der Waals surface area contributed by atoms with Gasteiger partial charge in [-0.05, 0) is 37.4 Å². The minimum atomic E-state index is -0.0802. The van der Waals surface area contributed by atoms with Crippen LogP contribution in [0.5, 0.6) is 0 Å². The van der Waals surface area contributed by atoms with Gasteiger partial charge < -0.3 is 24.9 Å². The first-order valence-electron chi connectivity index (χ1n) is 8.23. The Morgan fingerprint density at radius 3 is 2.62 bits per heavy atom. The summed E-state index contributed by atoms with van der Waals surface area (Å²) in [5.41, 5.74) is 2.85. The predicted octanol–water partition coefficient (Wildman–Crippen LogP) is 2.60. The fraction of sp³-hybridized carbons (Fsp3) is 0.389. The molecule has 1 aromatic carbocycles. The molecule has 1 saturated heterocycles. The number of amides is 1. The number of benzene rings is 1. The van der Waals surface area contributed by atoms with E-state index < -0.39 is 0 Å². The average molecular weight is 328 g/mol. The van der Waals surface area contributed by atoms with Gasteiger partial charge in [0.1, 0.15) is 5.76 Å². The van der Waals surface area contributed by atoms with Crippen LogP contribution in [0.15, 0.2) is 41.0 Å². The normalized spacial score (nSPS) is 15.3. The number of carbonyl (C=O) groups is 1. The molecule has 6 heteroatoms. The smallest absolute Gasteiger partial charge is 0.221 e. The minimum Gasteiger partial charge on any atom is -0.467 e. The van der Waals surface area contributed by atoms with Crippen molar-refractivity contribution in [1.82, 2.24) is 4.90 Å². The summed E-state index contributed by atoms with van der Waals surface area (Å²) >= 11 is 0. The van der Waals surface area contributed by atoms with Crippen LogP contribution in [-0.4, -0.2) is 44.0 Å². The molecule has 0 spiro atoms. The molecule has 1 fully saturated rings. The second kappa shape index (κ2) is 7.40. The molecule has 1 aromatic heterocycles. The van der Waals surface area contributed by atoms with E-state index in [4.69, 9.17) is 4.42 Å². The van der Waals surface area contributed by atoms with E-state index in [1.165, 1.54) is 12.6 Å². The lowest BCUT2D eigenvalue weighted by Gasteiger charge is -2.34. The molecule has 0 radical (unpaired) electrons. The maximum Gasteiger partial charge on any atom is 0.221 e. The molecule has 128 valence electrons. The molecule has 6 nitrogen and oxygen atoms in total. The van der Waals surface area contributed by atoms with E-state index >= 15 is 0 Å². The highest BCUT2D eigenvalue weighted by Crippen LogP contribution is 2.29. The van der Waals surface area contributed by atoms with Gasteiger partial charge in [0.25, 0.3) is 0 Å². The predicted molar refractivity (Wildman–Crippen MR) is 96.5 cm³/mol. The summed E-state index contributed by atoms with van der Waals surface area (Å²) in [7, 11) is 2.15. The highest BCUT2D eigenvalue weighted by atomic mass is 16.3. The van der Waals surface area contributed by atoms with Gasteiger partial charge in [0, 0.05) is 38.8 Å². The summed E-state index contributed by atoms with van der Waals surface area (Å²) < 4.78 is 5.37. The largest absolute Gasteiger partial charge is 0.467 e. The van der Waals surface area contributed by atoms with Crippen molar-refractivity contribution in [3.05, 3.63) is 42.4 Å². The number of likely N-dealkylation sites (N-methyl/N-ethyl adjacent to an activating group) is 1. The number of rotatable bonds is 5. The van der Waals surface area contributed by atoms with Crippen LogP contribution in [0.4, 0.5) is 17.1 Å². The van der Waals surface area contributed by atoms with Gasteiger partial charge in [-0.3, -0.25) is 4.79 Å². The van der Waals surface area contributed by atoms with Gasteiger partial charge in [-0.1, -0.05) is 0 Å². The van der Waals surface area contributed by atoms with Gasteiger partial charge in [0.05, 0.1) is 24.2 Å². The van der Waals surface area contributed by atoms with E-state index in [-0.39, 0.29) is 5.91 Å². The Balaban J connectivity index is 1.78. The lowest BCUT2D eigenvalue weighted by atomic mass is 10.2. The summed E-state index contributed by atoms with van der Waals surface area (Å²) in [5.74, 6) is 0.775. The van der Waals surface area contributed by atoms with Crippen molar-refractivity contribution in [2.45, 2.75) is 13.5 Å². The molecule has 0 saturated carbocycles. The summed E-state index contributed by atoms with van der Waals surface area (Å²) in [6, 6.07) is 9.91. The zero-order chi connectivity index (χ0) is 16.9. The number of furan rings is 1. The topological polar surface area (TPSA) is 60.8 Å². The maximum atomic E-state index is 11.4. The second-order valence-electron chi connectivity index (χ2n) is 6.13. The van der Waals surface area contributed by atoms with E-state index in [2.05, 4.69) is 39.6 Å². The molecule has 1 aliphatic heterocycles. The van der Waals surface area contributed by atoms with Crippen molar-refractivity contribution >= 4 is 23.0 Å². The summed E-state index contributed by atoms with van der Waals surface area (Å²) in [6.07, 6.45) is 1.66. The fourth-order valence-corrected chi connectivity index (χ4v) is 2.83. The Morgan fingerprint density at radius 2 is 1.96 bits per heavy atom. The average Bonchev–Trinajstić information content (AvgIpc) is 3.08. The summed E-state index contributed by atoms with van der Waals surface area (Å²) in [5, 5.41) is 6.25. The van der Waals surface area contributed by atoms with Crippen molar-refractivity contribution < 1.29 is 9.21 Å². The molecule has 1 amide bonds. The molecule has 24 heavy (non-hydrogen) atoms. The van der Waals surface area contributed by atoms with E-state index in [0.29, 0.717) is 6.54 Å². The second-order valence-corrected chi connectivity index (χ2v) is 6.13. The highest BCUT2D eigenvalue weighted by Gasteiger charge is 2.16. The highest BCUT2D eigenvalue weighted by molar-refractivity contribution is 5.93. The van der Waals surface area contributed by atoms with E-state index in [1.54, 1.807) is 6.26 Å². The van der Waals surface area contributed by atoms with Crippen molar-refractivity contribution in [3.8, 4) is 0 Å². The van der Waals surface area contributed by atoms with Gasteiger partial charge in [0.2, 0.25) is 5.91 Å². The van der Waals surface area contributed by atoms with Gasteiger partial charge >= 0.3 is 0 Å². The number of nitrogens with zero attached hydrogens (tertiary/aromatic N) is 2. The van der Waals surface area contributed by atoms with E-state index in [0.717, 1.165) is 43.3 Å². The molecule has 3 rings (SSSR count). The molecule has 2 heterocycles. The first-order valence-corrected chi connectivity index (χ1v) is 8.23. The van der Waals surface area contributed by atoms with Crippen molar-refractivity contribution in [1.29, 1.82) is 0 Å². The SMILES string of the molecule is CC(=O)Nc1ccc(N2CCN(C)CC2)cc1NCc1ccco1. The lowest BCUT2D eigenvalue weighted by molar-refractivity contribution is -0.114. The Labute approximate surface area is 142 Å². The number of hydrogen-bond acceptors (Lipinski definition) is 5. The summed E-state index contributed by atoms with van der Waals surface area (Å²) in [6.45, 7) is 6.23. The third-order valence-electron chi connectivity index (χ3n) is 4.22. The standard InChI is InChI=1S/C18H24N4O2/c1-14(23)20-17-6-5-15(22-9-7-21(2)8-10-22)12-18(17)19-13-16-4-3-11-24-16/h3-6,11-12,19H,7-10,13H2,1-2H3,(H,20,23). The van der Waals surface area contributed by atoms with Crippen LogP contribution < -0.4 is 15.5 Å². The zero-order valence-electron chi connectivity index (χ0n) is 14.2. The number of nitrogens with one attached hydrogen (secondary N) is 2. The van der Waals surface area contributed by atoms with Crippen molar-refractivity contribution in [2.24, 2.45) is 0 Å². The number of piperazine rings is 1. The summed E-state index contributed by atoms with van der Waals surface area (Å²) in [4.78, 5) is 16.1. The third kappa shape index (κ3) is 4.08. The third-order valence-corrected chi connectivity index (χ3v) is 4.22. The van der Waals surface area contributed by atoms with E-state index in [9.17, 15) is 4.79 Å². The fourth-order valence-electron chi connectivity index (χ4n) is 2.83. The molecular formula is C18H24N4O2. The lowest BCUT2D eigenvalue weighted by Crippen LogP contribution is -2.44. The maximum absolute atomic E-state index is 11.4. The molecule has 0 aliphatic carbocycles. The van der Waals surface area contributed by atoms with Crippen molar-refractivity contribution in [2.75, 3.05) is 48.8 Å². The Hall–Kier alpha value is -2.47. The molecule has 2 N–H and O–H groups in total. The van der Waals surface area contributed by atoms with Gasteiger partial charge in [0.15, 0.2) is 0 Å².